The molecule has 1 aromatic rings. The van der Waals surface area contributed by atoms with Crippen LogP contribution in [0.2, 0.25) is 0 Å². The number of hydrogen-bond acceptors (Lipinski definition) is 2. The van der Waals surface area contributed by atoms with Crippen LogP contribution in [0.5, 0.6) is 0 Å². The molecule has 0 fully saturated rings. The van der Waals surface area contributed by atoms with Gasteiger partial charge < -0.3 is 9.15 Å². The maximum Gasteiger partial charge on any atom is 0.176 e. The van der Waals surface area contributed by atoms with E-state index in [1.807, 2.05) is 0 Å². The zero-order chi connectivity index (χ0) is 8.65. The summed E-state index contributed by atoms with van der Waals surface area (Å²) in [6.45, 7) is 0.637. The van der Waals surface area contributed by atoms with Crippen LogP contribution >= 0.6 is 0 Å². The molecule has 0 radical (unpaired) electrons. The summed E-state index contributed by atoms with van der Waals surface area (Å²) in [5, 5.41) is 0. The van der Waals surface area contributed by atoms with Crippen LogP contribution in [0.25, 0.3) is 0 Å². The predicted molar refractivity (Wildman–Crippen MR) is 45.2 cm³/mol. The first-order valence-electron chi connectivity index (χ1n) is 3.47. The third-order valence-electron chi connectivity index (χ3n) is 1.09. The average molecular weight is 160 g/mol. The zero-order valence-electron chi connectivity index (χ0n) is 6.54. The van der Waals surface area contributed by atoms with Crippen molar-refractivity contribution in [3.05, 3.63) is 24.2 Å². The molecule has 0 N–H and O–H groups in total. The van der Waals surface area contributed by atoms with E-state index in [2.05, 4.69) is 17.8 Å². The Kier molecular flexibility index (Phi) is 3.57. The Morgan fingerprint density at radius 1 is 1.50 bits per heavy atom. The SMILES string of the molecule is C#CCOCC#Cc1ccco1. The van der Waals surface area contributed by atoms with E-state index in [1.165, 1.54) is 0 Å². The molecule has 0 aliphatic heterocycles. The molecular formula is C10H8O2. The van der Waals surface area contributed by atoms with Crippen LogP contribution in [-0.2, 0) is 4.74 Å². The van der Waals surface area contributed by atoms with Gasteiger partial charge in [0.15, 0.2) is 5.76 Å². The molecule has 0 atom stereocenters. The van der Waals surface area contributed by atoms with Gasteiger partial charge in [0.25, 0.3) is 0 Å². The Hall–Kier alpha value is -1.64. The maximum absolute atomic E-state index is 4.97. The molecule has 1 heterocycles. The summed E-state index contributed by atoms with van der Waals surface area (Å²) >= 11 is 0. The quantitative estimate of drug-likeness (QED) is 0.480. The summed E-state index contributed by atoms with van der Waals surface area (Å²) < 4.78 is 9.90. The summed E-state index contributed by atoms with van der Waals surface area (Å²) in [6.07, 6.45) is 6.54. The first kappa shape index (κ1) is 8.46. The second-order valence-electron chi connectivity index (χ2n) is 1.98. The van der Waals surface area contributed by atoms with Crippen molar-refractivity contribution in [1.29, 1.82) is 0 Å². The van der Waals surface area contributed by atoms with Crippen LogP contribution in [0.15, 0.2) is 22.8 Å². The average Bonchev–Trinajstić information content (AvgIpc) is 2.57. The van der Waals surface area contributed by atoms with Gasteiger partial charge in [0.05, 0.1) is 6.26 Å². The Morgan fingerprint density at radius 2 is 2.42 bits per heavy atom. The van der Waals surface area contributed by atoms with E-state index < -0.39 is 0 Å². The minimum absolute atomic E-state index is 0.298. The van der Waals surface area contributed by atoms with Crippen molar-refractivity contribution in [2.45, 2.75) is 0 Å². The molecule has 0 aromatic carbocycles. The van der Waals surface area contributed by atoms with E-state index in [1.54, 1.807) is 18.4 Å². The van der Waals surface area contributed by atoms with Crippen molar-refractivity contribution in [3.63, 3.8) is 0 Å². The van der Waals surface area contributed by atoms with Crippen molar-refractivity contribution in [2.75, 3.05) is 13.2 Å². The molecule has 0 bridgehead atoms. The van der Waals surface area contributed by atoms with Crippen molar-refractivity contribution in [2.24, 2.45) is 0 Å². The van der Waals surface area contributed by atoms with Gasteiger partial charge in [-0.05, 0) is 18.1 Å². The lowest BCUT2D eigenvalue weighted by atomic mass is 10.4. The van der Waals surface area contributed by atoms with Gasteiger partial charge in [-0.1, -0.05) is 11.8 Å². The Bertz CT molecular complexity index is 306. The molecule has 0 spiro atoms. The van der Waals surface area contributed by atoms with Crippen LogP contribution in [0.4, 0.5) is 0 Å². The third kappa shape index (κ3) is 2.96. The Balaban J connectivity index is 2.27. The standard InChI is InChI=1S/C10H8O2/c1-2-7-11-8-3-5-10-6-4-9-12-10/h1,4,6,9H,7-8H2. The smallest absolute Gasteiger partial charge is 0.176 e. The van der Waals surface area contributed by atoms with Crippen molar-refractivity contribution in [3.8, 4) is 24.2 Å². The van der Waals surface area contributed by atoms with Gasteiger partial charge in [-0.3, -0.25) is 0 Å². The lowest BCUT2D eigenvalue weighted by Gasteiger charge is -1.87. The van der Waals surface area contributed by atoms with Gasteiger partial charge in [0.2, 0.25) is 0 Å². The lowest BCUT2D eigenvalue weighted by molar-refractivity contribution is 0.204. The van der Waals surface area contributed by atoms with E-state index in [9.17, 15) is 0 Å². The first-order valence-corrected chi connectivity index (χ1v) is 3.47. The van der Waals surface area contributed by atoms with E-state index in [0.29, 0.717) is 19.0 Å². The highest BCUT2D eigenvalue weighted by molar-refractivity contribution is 5.24. The zero-order valence-corrected chi connectivity index (χ0v) is 6.54. The fraction of sp³-hybridized carbons (Fsp3) is 0.200. The van der Waals surface area contributed by atoms with Gasteiger partial charge in [-0.15, -0.1) is 6.42 Å². The van der Waals surface area contributed by atoms with E-state index in [0.717, 1.165) is 0 Å². The molecule has 60 valence electrons. The minimum atomic E-state index is 0.298. The van der Waals surface area contributed by atoms with Gasteiger partial charge in [0, 0.05) is 0 Å². The summed E-state index contributed by atoms with van der Waals surface area (Å²) in [5.41, 5.74) is 0. The number of hydrogen-bond donors (Lipinski definition) is 0. The molecule has 1 aromatic heterocycles. The highest BCUT2D eigenvalue weighted by atomic mass is 16.5. The monoisotopic (exact) mass is 160 g/mol. The molecule has 2 heteroatoms. The van der Waals surface area contributed by atoms with E-state index >= 15 is 0 Å². The number of furan rings is 1. The first-order chi connectivity index (χ1) is 5.93. The molecule has 0 amide bonds. The van der Waals surface area contributed by atoms with Crippen LogP contribution in [0, 0.1) is 24.2 Å². The largest absolute Gasteiger partial charge is 0.456 e. The van der Waals surface area contributed by atoms with Crippen molar-refractivity contribution >= 4 is 0 Å². The molecule has 0 unspecified atom stereocenters. The fourth-order valence-corrected chi connectivity index (χ4v) is 0.634. The molecule has 0 saturated heterocycles. The summed E-state index contributed by atoms with van der Waals surface area (Å²) in [6, 6.07) is 3.57. The van der Waals surface area contributed by atoms with Gasteiger partial charge in [0.1, 0.15) is 13.2 Å². The minimum Gasteiger partial charge on any atom is -0.456 e. The normalized spacial score (nSPS) is 8.25. The van der Waals surface area contributed by atoms with Crippen molar-refractivity contribution < 1.29 is 9.15 Å². The molecule has 1 rings (SSSR count). The maximum atomic E-state index is 4.97. The van der Waals surface area contributed by atoms with Gasteiger partial charge in [-0.25, -0.2) is 0 Å². The highest BCUT2D eigenvalue weighted by Gasteiger charge is 1.84. The van der Waals surface area contributed by atoms with E-state index in [4.69, 9.17) is 15.6 Å². The van der Waals surface area contributed by atoms with Crippen LogP contribution in [0.3, 0.4) is 0 Å². The number of rotatable bonds is 2. The summed E-state index contributed by atoms with van der Waals surface area (Å²) in [7, 11) is 0. The van der Waals surface area contributed by atoms with Crippen LogP contribution < -0.4 is 0 Å². The Morgan fingerprint density at radius 3 is 3.08 bits per heavy atom. The molecule has 0 aliphatic rings. The number of ether oxygens (including phenoxy) is 1. The molecule has 2 nitrogen and oxygen atoms in total. The molecular weight excluding hydrogens is 152 g/mol. The topological polar surface area (TPSA) is 22.4 Å². The predicted octanol–water partition coefficient (Wildman–Crippen LogP) is 1.28. The fourth-order valence-electron chi connectivity index (χ4n) is 0.634. The number of terminal acetylenes is 1. The Labute approximate surface area is 71.5 Å². The molecule has 0 aliphatic carbocycles. The molecule has 0 saturated carbocycles. The highest BCUT2D eigenvalue weighted by Crippen LogP contribution is 1.95. The van der Waals surface area contributed by atoms with E-state index in [-0.39, 0.29) is 0 Å². The van der Waals surface area contributed by atoms with Gasteiger partial charge in [-0.2, -0.15) is 0 Å². The van der Waals surface area contributed by atoms with Crippen molar-refractivity contribution in [1.82, 2.24) is 0 Å². The summed E-state index contributed by atoms with van der Waals surface area (Å²) in [4.78, 5) is 0. The van der Waals surface area contributed by atoms with Crippen LogP contribution in [0.1, 0.15) is 5.76 Å². The van der Waals surface area contributed by atoms with Crippen LogP contribution in [-0.4, -0.2) is 13.2 Å². The second-order valence-corrected chi connectivity index (χ2v) is 1.98. The molecule has 12 heavy (non-hydrogen) atoms. The summed E-state index contributed by atoms with van der Waals surface area (Å²) in [5.74, 6) is 8.52. The van der Waals surface area contributed by atoms with Gasteiger partial charge >= 0.3 is 0 Å². The third-order valence-corrected chi connectivity index (χ3v) is 1.09. The second kappa shape index (κ2) is 5.07. The lowest BCUT2D eigenvalue weighted by Crippen LogP contribution is -1.90.